The Bertz CT molecular complexity index is 648. The van der Waals surface area contributed by atoms with Crippen molar-refractivity contribution < 1.29 is 0 Å². The number of anilines is 2. The van der Waals surface area contributed by atoms with E-state index in [1.807, 2.05) is 0 Å². The van der Waals surface area contributed by atoms with Crippen LogP contribution in [0.5, 0.6) is 0 Å². The van der Waals surface area contributed by atoms with Crippen molar-refractivity contribution in [3.63, 3.8) is 0 Å². The quantitative estimate of drug-likeness (QED) is 0.575. The first-order valence-corrected chi connectivity index (χ1v) is 15.6. The molecular formula is C21H34N2Si2. The normalized spacial score (nSPS) is 12.2. The second kappa shape index (κ2) is 7.38. The fraction of sp³-hybridized carbons (Fsp3) is 0.429. The molecule has 0 fully saturated rings. The van der Waals surface area contributed by atoms with Crippen molar-refractivity contribution in [2.45, 2.75) is 59.6 Å². The minimum absolute atomic E-state index is 1.28. The maximum absolute atomic E-state index is 3.90. The van der Waals surface area contributed by atoms with Gasteiger partial charge in [-0.05, 0) is 79.9 Å². The predicted octanol–water partition coefficient (Wildman–Crippen LogP) is 6.39. The Labute approximate surface area is 156 Å². The fourth-order valence-corrected chi connectivity index (χ4v) is 15.5. The van der Waals surface area contributed by atoms with E-state index in [1.165, 1.54) is 39.3 Å². The third-order valence-electron chi connectivity index (χ3n) is 4.29. The molecule has 2 nitrogen and oxygen atoms in total. The van der Waals surface area contributed by atoms with E-state index in [0.717, 1.165) is 0 Å². The molecule has 0 aromatic heterocycles. The molecule has 0 radical (unpaired) electrons. The summed E-state index contributed by atoms with van der Waals surface area (Å²) in [6.45, 7) is 18.5. The molecule has 0 aliphatic rings. The molecule has 0 aliphatic heterocycles. The number of hydrogen-bond acceptors (Lipinski definition) is 2. The molecule has 0 saturated heterocycles. The molecule has 0 amide bonds. The lowest BCUT2D eigenvalue weighted by Crippen LogP contribution is -2.50. The van der Waals surface area contributed by atoms with Crippen molar-refractivity contribution in [3.05, 3.63) is 58.7 Å². The minimum atomic E-state index is -1.56. The van der Waals surface area contributed by atoms with Gasteiger partial charge >= 0.3 is 0 Å². The van der Waals surface area contributed by atoms with Gasteiger partial charge in [-0.15, -0.1) is 0 Å². The number of hydrogen-bond donors (Lipinski definition) is 2. The van der Waals surface area contributed by atoms with E-state index in [0.29, 0.717) is 0 Å². The Morgan fingerprint density at radius 2 is 0.840 bits per heavy atom. The summed E-state index contributed by atoms with van der Waals surface area (Å²) in [7, 11) is -3.11. The van der Waals surface area contributed by atoms with Gasteiger partial charge in [-0.1, -0.05) is 38.3 Å². The summed E-state index contributed by atoms with van der Waals surface area (Å²) in [6.07, 6.45) is 0. The van der Waals surface area contributed by atoms with Gasteiger partial charge < -0.3 is 9.96 Å². The van der Waals surface area contributed by atoms with Crippen LogP contribution in [-0.4, -0.2) is 16.5 Å². The van der Waals surface area contributed by atoms with Crippen LogP contribution >= 0.6 is 0 Å². The van der Waals surface area contributed by atoms with Gasteiger partial charge in [0.25, 0.3) is 0 Å². The van der Waals surface area contributed by atoms with Crippen LogP contribution in [-0.2, 0) is 0 Å². The topological polar surface area (TPSA) is 24.1 Å². The zero-order valence-electron chi connectivity index (χ0n) is 17.2. The summed E-state index contributed by atoms with van der Waals surface area (Å²) in [4.78, 5) is 7.80. The molecule has 25 heavy (non-hydrogen) atoms. The molecule has 136 valence electrons. The largest absolute Gasteiger partial charge is 0.411 e. The van der Waals surface area contributed by atoms with E-state index in [-0.39, 0.29) is 0 Å². The second-order valence-electron chi connectivity index (χ2n) is 8.95. The first-order valence-electron chi connectivity index (χ1n) is 9.17. The number of benzene rings is 2. The summed E-state index contributed by atoms with van der Waals surface area (Å²) in [5, 5.41) is 0. The zero-order valence-corrected chi connectivity index (χ0v) is 19.2. The third-order valence-corrected chi connectivity index (χ3v) is 13.3. The first-order chi connectivity index (χ1) is 11.4. The molecule has 0 saturated carbocycles. The minimum Gasteiger partial charge on any atom is -0.411 e. The summed E-state index contributed by atoms with van der Waals surface area (Å²) in [5.74, 6) is 0. The molecule has 0 heterocycles. The van der Waals surface area contributed by atoms with Gasteiger partial charge in [0.1, 0.15) is 16.5 Å². The standard InChI is InChI=1S/C21H34N2Si2/c1-16-9-17(2)12-20(11-16)22-24(5,6)15-25(7,8)23-21-13-18(3)10-19(4)14-21/h9-14,22-23H,15H2,1-8H3. The third kappa shape index (κ3) is 6.36. The van der Waals surface area contributed by atoms with Crippen LogP contribution in [0.2, 0.25) is 31.9 Å². The Hall–Kier alpha value is -1.53. The second-order valence-corrected chi connectivity index (χ2v) is 18.4. The van der Waals surface area contributed by atoms with Crippen molar-refractivity contribution in [1.29, 1.82) is 0 Å². The van der Waals surface area contributed by atoms with E-state index >= 15 is 0 Å². The van der Waals surface area contributed by atoms with Gasteiger partial charge in [-0.25, -0.2) is 0 Å². The molecule has 0 aliphatic carbocycles. The molecule has 2 rings (SSSR count). The van der Waals surface area contributed by atoms with E-state index in [1.54, 1.807) is 0 Å². The highest BCUT2D eigenvalue weighted by atomic mass is 28.4. The van der Waals surface area contributed by atoms with Crippen molar-refractivity contribution in [2.24, 2.45) is 0 Å². The van der Waals surface area contributed by atoms with Gasteiger partial charge in [-0.3, -0.25) is 0 Å². The molecule has 0 atom stereocenters. The van der Waals surface area contributed by atoms with Crippen LogP contribution in [0.3, 0.4) is 0 Å². The maximum Gasteiger partial charge on any atom is 0.146 e. The number of aryl methyl sites for hydroxylation is 4. The zero-order chi connectivity index (χ0) is 18.8. The van der Waals surface area contributed by atoms with Crippen LogP contribution < -0.4 is 9.96 Å². The molecule has 0 spiro atoms. The van der Waals surface area contributed by atoms with E-state index in [2.05, 4.69) is 100 Å². The monoisotopic (exact) mass is 370 g/mol. The summed E-state index contributed by atoms with van der Waals surface area (Å²) in [6, 6.07) is 13.6. The fourth-order valence-electron chi connectivity index (χ4n) is 4.07. The summed E-state index contributed by atoms with van der Waals surface area (Å²) < 4.78 is 0. The lowest BCUT2D eigenvalue weighted by Gasteiger charge is -2.34. The van der Waals surface area contributed by atoms with Gasteiger partial charge in [0, 0.05) is 11.4 Å². The lowest BCUT2D eigenvalue weighted by molar-refractivity contribution is 1.36. The Morgan fingerprint density at radius 3 is 1.12 bits per heavy atom. The van der Waals surface area contributed by atoms with E-state index in [4.69, 9.17) is 0 Å². The van der Waals surface area contributed by atoms with Gasteiger partial charge in [-0.2, -0.15) is 0 Å². The molecule has 4 heteroatoms. The summed E-state index contributed by atoms with van der Waals surface area (Å²) >= 11 is 0. The van der Waals surface area contributed by atoms with Crippen LogP contribution in [0, 0.1) is 27.7 Å². The van der Waals surface area contributed by atoms with Gasteiger partial charge in [0.2, 0.25) is 0 Å². The van der Waals surface area contributed by atoms with Crippen molar-refractivity contribution in [2.75, 3.05) is 9.96 Å². The van der Waals surface area contributed by atoms with Crippen molar-refractivity contribution in [3.8, 4) is 0 Å². The van der Waals surface area contributed by atoms with Crippen LogP contribution in [0.15, 0.2) is 36.4 Å². The van der Waals surface area contributed by atoms with Crippen LogP contribution in [0.4, 0.5) is 11.4 Å². The molecule has 0 bridgehead atoms. The Morgan fingerprint density at radius 1 is 0.560 bits per heavy atom. The maximum atomic E-state index is 3.90. The van der Waals surface area contributed by atoms with E-state index < -0.39 is 16.5 Å². The molecule has 2 aromatic carbocycles. The van der Waals surface area contributed by atoms with Crippen LogP contribution in [0.1, 0.15) is 22.3 Å². The number of rotatable bonds is 6. The highest BCUT2D eigenvalue weighted by molar-refractivity contribution is 6.97. The highest BCUT2D eigenvalue weighted by Gasteiger charge is 2.33. The van der Waals surface area contributed by atoms with Crippen molar-refractivity contribution in [1.82, 2.24) is 0 Å². The molecule has 2 N–H and O–H groups in total. The highest BCUT2D eigenvalue weighted by Crippen LogP contribution is 2.26. The molecular weight excluding hydrogens is 336 g/mol. The predicted molar refractivity (Wildman–Crippen MR) is 119 cm³/mol. The van der Waals surface area contributed by atoms with Gasteiger partial charge in [0.15, 0.2) is 0 Å². The van der Waals surface area contributed by atoms with Crippen LogP contribution in [0.25, 0.3) is 0 Å². The lowest BCUT2D eigenvalue weighted by atomic mass is 10.1. The Kier molecular flexibility index (Phi) is 5.84. The molecule has 0 unspecified atom stereocenters. The van der Waals surface area contributed by atoms with Gasteiger partial charge in [0.05, 0.1) is 0 Å². The smallest absolute Gasteiger partial charge is 0.146 e. The molecule has 2 aromatic rings. The first kappa shape index (κ1) is 19.8. The average Bonchev–Trinajstić information content (AvgIpc) is 2.31. The summed E-state index contributed by atoms with van der Waals surface area (Å²) in [5.41, 5.74) is 9.17. The van der Waals surface area contributed by atoms with Crippen molar-refractivity contribution >= 4 is 27.8 Å². The average molecular weight is 371 g/mol. The SMILES string of the molecule is Cc1cc(C)cc(N[Si](C)(C)C[Si](C)(C)Nc2cc(C)cc(C)c2)c1. The van der Waals surface area contributed by atoms with E-state index in [9.17, 15) is 0 Å². The number of nitrogens with one attached hydrogen (secondary N) is 2. The Balaban J connectivity index is 2.11.